The van der Waals surface area contributed by atoms with Crippen LogP contribution in [-0.2, 0) is 27.1 Å². The fourth-order valence-corrected chi connectivity index (χ4v) is 6.14. The molecule has 8 N–H and O–H groups in total. The van der Waals surface area contributed by atoms with Gasteiger partial charge in [0.05, 0.1) is 17.8 Å². The molecule has 0 amide bonds. The molecule has 0 unspecified atom stereocenters. The summed E-state index contributed by atoms with van der Waals surface area (Å²) in [6.45, 7) is 10.4. The molecule has 0 bridgehead atoms. The van der Waals surface area contributed by atoms with E-state index in [1.54, 1.807) is 6.08 Å². The highest BCUT2D eigenvalue weighted by atomic mass is 16.7. The third-order valence-electron chi connectivity index (χ3n) is 9.19. The van der Waals surface area contributed by atoms with Crippen LogP contribution in [0.25, 0.3) is 22.1 Å². The van der Waals surface area contributed by atoms with Crippen molar-refractivity contribution < 1.29 is 64.2 Å². The summed E-state index contributed by atoms with van der Waals surface area (Å²) in [4.78, 5) is 14.3. The second-order valence-corrected chi connectivity index (χ2v) is 13.6. The van der Waals surface area contributed by atoms with E-state index in [0.717, 1.165) is 17.4 Å². The van der Waals surface area contributed by atoms with Gasteiger partial charge in [0.1, 0.15) is 76.9 Å². The summed E-state index contributed by atoms with van der Waals surface area (Å²) < 4.78 is 29.2. The first-order chi connectivity index (χ1) is 24.0. The molecule has 0 aliphatic carbocycles. The van der Waals surface area contributed by atoms with E-state index in [1.165, 1.54) is 32.0 Å². The van der Waals surface area contributed by atoms with Gasteiger partial charge in [0.2, 0.25) is 11.7 Å². The van der Waals surface area contributed by atoms with Crippen molar-refractivity contribution >= 4 is 11.0 Å². The fraction of sp³-hybridized carbons (Fsp3) is 0.486. The molecular weight excluding hydrogens is 668 g/mol. The molecule has 2 aromatic carbocycles. The predicted octanol–water partition coefficient (Wildman–Crippen LogP) is 2.65. The van der Waals surface area contributed by atoms with E-state index in [2.05, 4.69) is 0 Å². The summed E-state index contributed by atoms with van der Waals surface area (Å²) >= 11 is 0. The van der Waals surface area contributed by atoms with E-state index in [1.807, 2.05) is 33.8 Å². The number of aliphatic hydroxyl groups is 5. The maximum atomic E-state index is 14.3. The lowest BCUT2D eigenvalue weighted by atomic mass is 9.96. The second-order valence-electron chi connectivity index (χ2n) is 13.6. The number of phenols is 3. The van der Waals surface area contributed by atoms with Crippen molar-refractivity contribution in [1.29, 1.82) is 0 Å². The number of aromatic hydroxyl groups is 3. The van der Waals surface area contributed by atoms with Crippen molar-refractivity contribution in [2.24, 2.45) is 0 Å². The van der Waals surface area contributed by atoms with Gasteiger partial charge in [0, 0.05) is 22.8 Å². The highest BCUT2D eigenvalue weighted by Crippen LogP contribution is 2.41. The molecule has 14 nitrogen and oxygen atoms in total. The van der Waals surface area contributed by atoms with Crippen LogP contribution in [0.3, 0.4) is 0 Å². The number of phenolic OH excluding ortho intramolecular Hbond substituents is 3. The molecule has 2 aliphatic rings. The molecule has 278 valence electrons. The van der Waals surface area contributed by atoms with E-state index in [0.29, 0.717) is 0 Å². The molecular formula is C37H46O14. The minimum atomic E-state index is -1.82. The Balaban J connectivity index is 1.56. The Bertz CT molecular complexity index is 1860. The molecule has 1 aromatic heterocycles. The third kappa shape index (κ3) is 7.64. The molecule has 10 atom stereocenters. The highest BCUT2D eigenvalue weighted by molar-refractivity contribution is 5.91. The van der Waals surface area contributed by atoms with Crippen LogP contribution < -0.4 is 10.2 Å². The molecule has 14 heteroatoms. The van der Waals surface area contributed by atoms with E-state index < -0.39 is 66.8 Å². The number of aliphatic hydroxyl groups excluding tert-OH is 5. The SMILES string of the molecule is CC(C)=CCc1c(O)ccc(-c2coc3cc(O)c(CC=C(C)C)c(O[C@@H]4O[C@@H](C)[C@H](O[C@@H]5O[C@@H](C)[C@H](O)[C@H](O)[C@@H]5O)[C@@H](O)[C@@H]4O)c3c2=O)c1O. The number of ether oxygens (including phenoxy) is 4. The van der Waals surface area contributed by atoms with Crippen molar-refractivity contribution in [2.75, 3.05) is 0 Å². The zero-order chi connectivity index (χ0) is 37.5. The quantitative estimate of drug-likeness (QED) is 0.149. The average molecular weight is 715 g/mol. The maximum Gasteiger partial charge on any atom is 0.229 e. The van der Waals surface area contributed by atoms with Crippen molar-refractivity contribution in [1.82, 2.24) is 0 Å². The topological polar surface area (TPSA) is 229 Å². The molecule has 3 heterocycles. The Morgan fingerprint density at radius 3 is 2.00 bits per heavy atom. The Hall–Kier alpha value is -3.99. The zero-order valence-electron chi connectivity index (χ0n) is 29.2. The van der Waals surface area contributed by atoms with E-state index in [-0.39, 0.29) is 69.1 Å². The average Bonchev–Trinajstić information content (AvgIpc) is 3.06. The highest BCUT2D eigenvalue weighted by Gasteiger charge is 2.49. The summed E-state index contributed by atoms with van der Waals surface area (Å²) in [5, 5.41) is 85.8. The predicted molar refractivity (Wildman–Crippen MR) is 183 cm³/mol. The lowest BCUT2D eigenvalue weighted by Gasteiger charge is -2.45. The number of fused-ring (bicyclic) bond motifs is 1. The van der Waals surface area contributed by atoms with E-state index >= 15 is 0 Å². The monoisotopic (exact) mass is 714 g/mol. The van der Waals surface area contributed by atoms with Crippen molar-refractivity contribution in [3.05, 3.63) is 69.1 Å². The summed E-state index contributed by atoms with van der Waals surface area (Å²) in [6.07, 6.45) is -9.58. The number of benzene rings is 2. The van der Waals surface area contributed by atoms with Gasteiger partial charge in [0.15, 0.2) is 6.29 Å². The number of rotatable bonds is 9. The second kappa shape index (κ2) is 15.3. The Kier molecular flexibility index (Phi) is 11.5. The maximum absolute atomic E-state index is 14.3. The van der Waals surface area contributed by atoms with Crippen molar-refractivity contribution in [2.45, 2.75) is 116 Å². The van der Waals surface area contributed by atoms with Gasteiger partial charge in [-0.05, 0) is 66.5 Å². The molecule has 0 radical (unpaired) electrons. The molecule has 2 saturated heterocycles. The number of hydrogen-bond acceptors (Lipinski definition) is 14. The summed E-state index contributed by atoms with van der Waals surface area (Å²) in [7, 11) is 0. The first-order valence-corrected chi connectivity index (χ1v) is 16.7. The molecule has 2 aliphatic heterocycles. The van der Waals surface area contributed by atoms with Crippen molar-refractivity contribution in [3.8, 4) is 34.1 Å². The standard InChI is InChI=1S/C37H46O14/c1-15(2)7-9-20-23(38)12-11-19(28(20)41)22-14-47-25-13-24(39)21(10-8-16(3)4)35(26(25)29(22)42)51-37-33(46)31(44)34(18(6)49-37)50-36-32(45)30(43)27(40)17(5)48-36/h7-8,11-14,17-18,27,30-34,36-41,43-46H,9-10H2,1-6H3/t17-,18-,27-,30-,31-,32-,33-,34-,36-,37-/m0/s1. The lowest BCUT2D eigenvalue weighted by Crippen LogP contribution is -2.63. The first kappa shape index (κ1) is 38.2. The Morgan fingerprint density at radius 2 is 1.35 bits per heavy atom. The zero-order valence-corrected chi connectivity index (χ0v) is 29.2. The Labute approximate surface area is 294 Å². The summed E-state index contributed by atoms with van der Waals surface area (Å²) in [6, 6.07) is 3.98. The summed E-state index contributed by atoms with van der Waals surface area (Å²) in [5.74, 6) is -0.993. The lowest BCUT2D eigenvalue weighted by molar-refractivity contribution is -0.345. The molecule has 51 heavy (non-hydrogen) atoms. The van der Waals surface area contributed by atoms with Crippen LogP contribution in [0.2, 0.25) is 0 Å². The van der Waals surface area contributed by atoms with Gasteiger partial charge < -0.3 is 64.2 Å². The first-order valence-electron chi connectivity index (χ1n) is 16.7. The Morgan fingerprint density at radius 1 is 0.745 bits per heavy atom. The minimum Gasteiger partial charge on any atom is -0.508 e. The summed E-state index contributed by atoms with van der Waals surface area (Å²) in [5.41, 5.74) is 1.41. The normalized spacial score (nSPS) is 29.5. The van der Waals surface area contributed by atoms with Crippen molar-refractivity contribution in [3.63, 3.8) is 0 Å². The van der Waals surface area contributed by atoms with Gasteiger partial charge in [-0.25, -0.2) is 0 Å². The molecule has 0 spiro atoms. The van der Waals surface area contributed by atoms with Gasteiger partial charge in [-0.2, -0.15) is 0 Å². The van der Waals surface area contributed by atoms with Gasteiger partial charge >= 0.3 is 0 Å². The third-order valence-corrected chi connectivity index (χ3v) is 9.19. The molecule has 0 saturated carbocycles. The largest absolute Gasteiger partial charge is 0.508 e. The van der Waals surface area contributed by atoms with Gasteiger partial charge in [-0.1, -0.05) is 23.3 Å². The van der Waals surface area contributed by atoms with E-state index in [4.69, 9.17) is 23.4 Å². The van der Waals surface area contributed by atoms with E-state index in [9.17, 15) is 45.6 Å². The van der Waals surface area contributed by atoms with Crippen LogP contribution in [-0.4, -0.2) is 102 Å². The van der Waals surface area contributed by atoms with Crippen LogP contribution in [0.1, 0.15) is 52.7 Å². The van der Waals surface area contributed by atoms with Crippen LogP contribution >= 0.6 is 0 Å². The minimum absolute atomic E-state index is 0.0718. The molecule has 5 rings (SSSR count). The number of hydrogen-bond donors (Lipinski definition) is 8. The van der Waals surface area contributed by atoms with Crippen LogP contribution in [0.5, 0.6) is 23.0 Å². The van der Waals surface area contributed by atoms with Gasteiger partial charge in [-0.15, -0.1) is 0 Å². The molecule has 2 fully saturated rings. The van der Waals surface area contributed by atoms with Gasteiger partial charge in [0.25, 0.3) is 0 Å². The fourth-order valence-electron chi connectivity index (χ4n) is 6.14. The van der Waals surface area contributed by atoms with Gasteiger partial charge in [-0.3, -0.25) is 4.79 Å². The van der Waals surface area contributed by atoms with Crippen LogP contribution in [0.4, 0.5) is 0 Å². The molecule has 3 aromatic rings. The van der Waals surface area contributed by atoms with Crippen LogP contribution in [0.15, 0.2) is 57.0 Å². The van der Waals surface area contributed by atoms with Crippen LogP contribution in [0, 0.1) is 0 Å². The smallest absolute Gasteiger partial charge is 0.229 e. The number of allylic oxidation sites excluding steroid dienone is 4.